The van der Waals surface area contributed by atoms with Crippen molar-refractivity contribution >= 4 is 28.4 Å². The average Bonchev–Trinajstić information content (AvgIpc) is 3.41. The summed E-state index contributed by atoms with van der Waals surface area (Å²) >= 11 is 0. The van der Waals surface area contributed by atoms with Gasteiger partial charge in [-0.15, -0.1) is 0 Å². The van der Waals surface area contributed by atoms with Gasteiger partial charge in [-0.2, -0.15) is 0 Å². The third kappa shape index (κ3) is 3.53. The minimum absolute atomic E-state index is 0.0392. The highest BCUT2D eigenvalue weighted by Crippen LogP contribution is 2.40. The molecule has 2 aromatic heterocycles. The number of aryl methyl sites for hydroxylation is 1. The van der Waals surface area contributed by atoms with E-state index < -0.39 is 18.0 Å². The zero-order valence-electron chi connectivity index (χ0n) is 17.5. The van der Waals surface area contributed by atoms with Crippen molar-refractivity contribution in [2.24, 2.45) is 0 Å². The van der Waals surface area contributed by atoms with Gasteiger partial charge in [0.25, 0.3) is 0 Å². The number of benzene rings is 1. The van der Waals surface area contributed by atoms with Crippen molar-refractivity contribution in [3.05, 3.63) is 47.2 Å². The van der Waals surface area contributed by atoms with Crippen LogP contribution < -0.4 is 11.1 Å². The largest absolute Gasteiger partial charge is 0.443 e. The molecular weight excluding hydrogens is 415 g/mol. The third-order valence-corrected chi connectivity index (χ3v) is 6.14. The van der Waals surface area contributed by atoms with Gasteiger partial charge in [0.1, 0.15) is 11.9 Å². The number of aliphatic hydroxyl groups excluding tert-OH is 1. The van der Waals surface area contributed by atoms with Crippen LogP contribution in [0.15, 0.2) is 24.5 Å². The van der Waals surface area contributed by atoms with Gasteiger partial charge in [-0.3, -0.25) is 10.3 Å². The molecule has 5 rings (SSSR count). The summed E-state index contributed by atoms with van der Waals surface area (Å²) in [6, 6.07) is 3.27. The minimum Gasteiger partial charge on any atom is -0.443 e. The fourth-order valence-electron chi connectivity index (χ4n) is 4.45. The summed E-state index contributed by atoms with van der Waals surface area (Å²) in [5.41, 5.74) is 9.30. The Labute approximate surface area is 183 Å². The van der Waals surface area contributed by atoms with Crippen LogP contribution in [0, 0.1) is 12.7 Å². The number of aliphatic hydroxyl groups is 1. The van der Waals surface area contributed by atoms with Crippen molar-refractivity contribution in [2.75, 3.05) is 24.3 Å². The van der Waals surface area contributed by atoms with E-state index in [0.717, 1.165) is 16.8 Å². The fraction of sp³-hybridized carbons (Fsp3) is 0.348. The molecule has 3 aromatic rings. The number of ether oxygens (including phenoxy) is 2. The van der Waals surface area contributed by atoms with E-state index in [9.17, 15) is 9.90 Å². The topological polar surface area (TPSA) is 120 Å². The third-order valence-electron chi connectivity index (χ3n) is 6.14. The second-order valence-corrected chi connectivity index (χ2v) is 8.17. The van der Waals surface area contributed by atoms with Crippen molar-refractivity contribution in [2.45, 2.75) is 38.4 Å². The number of aromatic nitrogens is 2. The van der Waals surface area contributed by atoms with E-state index in [0.29, 0.717) is 48.8 Å². The normalized spacial score (nSPS) is 19.8. The Morgan fingerprint density at radius 3 is 2.91 bits per heavy atom. The molecule has 2 atom stereocenters. The maximum absolute atomic E-state index is 15.2. The summed E-state index contributed by atoms with van der Waals surface area (Å²) in [6.45, 7) is 2.79. The molecule has 1 aromatic carbocycles. The van der Waals surface area contributed by atoms with Gasteiger partial charge in [0.2, 0.25) is 0 Å². The van der Waals surface area contributed by atoms with E-state index in [4.69, 9.17) is 15.2 Å². The number of nitrogen functional groups attached to an aromatic ring is 1. The monoisotopic (exact) mass is 438 g/mol. The highest BCUT2D eigenvalue weighted by molar-refractivity contribution is 5.99. The molecule has 4 N–H and O–H groups in total. The Hall–Kier alpha value is -3.30. The smallest absolute Gasteiger partial charge is 0.413 e. The summed E-state index contributed by atoms with van der Waals surface area (Å²) in [5, 5.41) is 14.0. The summed E-state index contributed by atoms with van der Waals surface area (Å²) in [5.74, 6) is -0.310. The quantitative estimate of drug-likeness (QED) is 0.534. The molecule has 1 aliphatic heterocycles. The van der Waals surface area contributed by atoms with Gasteiger partial charge in [0.15, 0.2) is 5.82 Å². The molecule has 9 heteroatoms. The lowest BCUT2D eigenvalue weighted by atomic mass is 9.94. The van der Waals surface area contributed by atoms with Gasteiger partial charge in [0, 0.05) is 46.6 Å². The molecule has 1 fully saturated rings. The summed E-state index contributed by atoms with van der Waals surface area (Å²) in [6.07, 6.45) is 3.49. The highest BCUT2D eigenvalue weighted by atomic mass is 19.1. The first-order valence-corrected chi connectivity index (χ1v) is 10.5. The van der Waals surface area contributed by atoms with E-state index in [1.807, 2.05) is 6.92 Å². The van der Waals surface area contributed by atoms with Gasteiger partial charge in [0.05, 0.1) is 25.0 Å². The number of halogens is 1. The molecule has 166 valence electrons. The molecule has 0 radical (unpaired) electrons. The summed E-state index contributed by atoms with van der Waals surface area (Å²) in [7, 11) is 0. The Balaban J connectivity index is 1.51. The lowest BCUT2D eigenvalue weighted by Crippen LogP contribution is -2.22. The van der Waals surface area contributed by atoms with Gasteiger partial charge in [-0.05, 0) is 42.8 Å². The van der Waals surface area contributed by atoms with Crippen molar-refractivity contribution in [3.8, 4) is 11.1 Å². The first kappa shape index (κ1) is 20.6. The predicted molar refractivity (Wildman–Crippen MR) is 117 cm³/mol. The fourth-order valence-corrected chi connectivity index (χ4v) is 4.45. The van der Waals surface area contributed by atoms with Crippen molar-refractivity contribution in [1.82, 2.24) is 9.97 Å². The number of carbonyl (C=O) groups is 1. The Morgan fingerprint density at radius 1 is 1.28 bits per heavy atom. The van der Waals surface area contributed by atoms with Crippen LogP contribution in [0.25, 0.3) is 21.9 Å². The highest BCUT2D eigenvalue weighted by Gasteiger charge is 2.26. The van der Waals surface area contributed by atoms with E-state index in [1.165, 1.54) is 6.20 Å². The number of nitrogens with two attached hydrogens (primary N) is 1. The zero-order valence-corrected chi connectivity index (χ0v) is 17.5. The van der Waals surface area contributed by atoms with Crippen molar-refractivity contribution in [1.29, 1.82) is 0 Å². The van der Waals surface area contributed by atoms with Crippen LogP contribution in [-0.4, -0.2) is 40.5 Å². The van der Waals surface area contributed by atoms with E-state index in [1.54, 1.807) is 18.3 Å². The SMILES string of the molecule is Cc1c(-c2cc3cc(NC(=O)O[C@@H]4CCOC4)ncc3c(N)c2F)cnc2c1[C@H](O)CC2. The number of hydrogen-bond acceptors (Lipinski definition) is 7. The summed E-state index contributed by atoms with van der Waals surface area (Å²) < 4.78 is 25.7. The van der Waals surface area contributed by atoms with Gasteiger partial charge < -0.3 is 20.3 Å². The maximum atomic E-state index is 15.2. The molecule has 1 amide bonds. The number of carbonyl (C=O) groups excluding carboxylic acids is 1. The number of rotatable bonds is 3. The van der Waals surface area contributed by atoms with Crippen LogP contribution >= 0.6 is 0 Å². The number of nitrogens with zero attached hydrogens (tertiary/aromatic N) is 2. The van der Waals surface area contributed by atoms with Gasteiger partial charge in [-0.1, -0.05) is 0 Å². The van der Waals surface area contributed by atoms with Crippen LogP contribution in [0.1, 0.15) is 35.8 Å². The molecular formula is C23H23FN4O4. The molecule has 1 aliphatic carbocycles. The molecule has 8 nitrogen and oxygen atoms in total. The van der Waals surface area contributed by atoms with Crippen LogP contribution in [-0.2, 0) is 15.9 Å². The maximum Gasteiger partial charge on any atom is 0.413 e. The Bertz CT molecular complexity index is 1230. The molecule has 0 spiro atoms. The molecule has 32 heavy (non-hydrogen) atoms. The standard InChI is InChI=1S/C23H23FN4O4/c1-11-15(8-26-17-2-3-18(29)20(11)17)14-6-12-7-19(27-9-16(12)22(25)21(14)24)28-23(30)32-13-4-5-31-10-13/h6-9,13,18,29H,2-5,10,25H2,1H3,(H,27,28,30)/t13-,18-/m1/s1. The van der Waals surface area contributed by atoms with E-state index in [2.05, 4.69) is 15.3 Å². The van der Waals surface area contributed by atoms with Crippen LogP contribution in [0.3, 0.4) is 0 Å². The Morgan fingerprint density at radius 2 is 2.12 bits per heavy atom. The van der Waals surface area contributed by atoms with Gasteiger partial charge in [-0.25, -0.2) is 14.2 Å². The number of fused-ring (bicyclic) bond motifs is 2. The van der Waals surface area contributed by atoms with Crippen LogP contribution in [0.5, 0.6) is 0 Å². The second-order valence-electron chi connectivity index (χ2n) is 8.17. The van der Waals surface area contributed by atoms with Crippen LogP contribution in [0.4, 0.5) is 20.7 Å². The first-order chi connectivity index (χ1) is 15.4. The van der Waals surface area contributed by atoms with E-state index >= 15 is 4.39 Å². The van der Waals surface area contributed by atoms with Crippen molar-refractivity contribution in [3.63, 3.8) is 0 Å². The number of anilines is 2. The molecule has 0 saturated carbocycles. The lowest BCUT2D eigenvalue weighted by molar-refractivity contribution is 0.0931. The zero-order chi connectivity index (χ0) is 22.4. The van der Waals surface area contributed by atoms with Gasteiger partial charge >= 0.3 is 6.09 Å². The molecule has 1 saturated heterocycles. The molecule has 0 bridgehead atoms. The number of amides is 1. The number of nitrogens with one attached hydrogen (secondary N) is 1. The second kappa shape index (κ2) is 7.99. The predicted octanol–water partition coefficient (Wildman–Crippen LogP) is 3.64. The van der Waals surface area contributed by atoms with E-state index in [-0.39, 0.29) is 23.2 Å². The van der Waals surface area contributed by atoms with Crippen molar-refractivity contribution < 1.29 is 23.8 Å². The number of pyridine rings is 2. The van der Waals surface area contributed by atoms with Crippen LogP contribution in [0.2, 0.25) is 0 Å². The Kier molecular flexibility index (Phi) is 5.15. The first-order valence-electron chi connectivity index (χ1n) is 10.5. The molecule has 0 unspecified atom stereocenters. The molecule has 2 aliphatic rings. The summed E-state index contributed by atoms with van der Waals surface area (Å²) in [4.78, 5) is 20.8. The lowest BCUT2D eigenvalue weighted by Gasteiger charge is -2.16. The average molecular weight is 438 g/mol. The minimum atomic E-state index is -0.629. The number of hydrogen-bond donors (Lipinski definition) is 3. The molecule has 3 heterocycles.